The van der Waals surface area contributed by atoms with Gasteiger partial charge in [-0.15, -0.1) is 0 Å². The summed E-state index contributed by atoms with van der Waals surface area (Å²) in [5.74, 6) is -0.207. The predicted octanol–water partition coefficient (Wildman–Crippen LogP) is 4.95. The maximum Gasteiger partial charge on any atom is 0.228 e. The SMILES string of the molecule is Cc1cc2occ(CC(=O)Nc3cccc(S(=O)(=O)C4CCCC4)c3)c2cc1C. The first-order valence-corrected chi connectivity index (χ1v) is 11.5. The van der Waals surface area contributed by atoms with Gasteiger partial charge in [0.25, 0.3) is 0 Å². The highest BCUT2D eigenvalue weighted by Gasteiger charge is 2.30. The average Bonchev–Trinajstić information content (AvgIpc) is 3.34. The number of nitrogens with one attached hydrogen (secondary N) is 1. The summed E-state index contributed by atoms with van der Waals surface area (Å²) in [5, 5.41) is 3.45. The van der Waals surface area contributed by atoms with Crippen LogP contribution in [0.1, 0.15) is 42.4 Å². The summed E-state index contributed by atoms with van der Waals surface area (Å²) in [6, 6.07) is 10.6. The second-order valence-corrected chi connectivity index (χ2v) is 10.1. The number of sulfone groups is 1. The van der Waals surface area contributed by atoms with Crippen LogP contribution < -0.4 is 5.32 Å². The van der Waals surface area contributed by atoms with Crippen molar-refractivity contribution in [3.8, 4) is 0 Å². The van der Waals surface area contributed by atoms with Crippen molar-refractivity contribution in [2.75, 3.05) is 5.32 Å². The topological polar surface area (TPSA) is 76.4 Å². The zero-order valence-corrected chi connectivity index (χ0v) is 17.5. The summed E-state index contributed by atoms with van der Waals surface area (Å²) in [6.45, 7) is 4.05. The number of hydrogen-bond acceptors (Lipinski definition) is 4. The van der Waals surface area contributed by atoms with Gasteiger partial charge in [-0.1, -0.05) is 18.9 Å². The zero-order valence-electron chi connectivity index (χ0n) is 16.7. The number of benzene rings is 2. The average molecular weight is 412 g/mol. The molecular weight excluding hydrogens is 386 g/mol. The van der Waals surface area contributed by atoms with Gasteiger partial charge in [-0.2, -0.15) is 0 Å². The van der Waals surface area contributed by atoms with Crippen molar-refractivity contribution >= 4 is 32.4 Å². The lowest BCUT2D eigenvalue weighted by atomic mass is 10.0. The minimum absolute atomic E-state index is 0.162. The summed E-state index contributed by atoms with van der Waals surface area (Å²) in [4.78, 5) is 12.9. The van der Waals surface area contributed by atoms with Crippen LogP contribution in [0.5, 0.6) is 0 Å². The first kappa shape index (κ1) is 19.7. The van der Waals surface area contributed by atoms with Crippen molar-refractivity contribution < 1.29 is 17.6 Å². The molecule has 29 heavy (non-hydrogen) atoms. The molecule has 1 fully saturated rings. The standard InChI is InChI=1S/C23H25NO4S/c1-15-10-21-17(14-28-22(21)11-16(15)2)12-23(25)24-18-6-5-9-20(13-18)29(26,27)19-7-3-4-8-19/h5-6,9-11,13-14,19H,3-4,7-8,12H2,1-2H3,(H,24,25). The Morgan fingerprint density at radius 1 is 1.10 bits per heavy atom. The number of anilines is 1. The van der Waals surface area contributed by atoms with Gasteiger partial charge in [-0.3, -0.25) is 4.79 Å². The van der Waals surface area contributed by atoms with E-state index in [0.29, 0.717) is 18.5 Å². The van der Waals surface area contributed by atoms with Crippen molar-refractivity contribution in [2.45, 2.75) is 56.1 Å². The molecule has 152 valence electrons. The maximum absolute atomic E-state index is 12.8. The molecule has 1 N–H and O–H groups in total. The number of carbonyl (C=O) groups is 1. The molecule has 0 saturated heterocycles. The quantitative estimate of drug-likeness (QED) is 0.645. The van der Waals surface area contributed by atoms with Gasteiger partial charge in [0.15, 0.2) is 9.84 Å². The Kier molecular flexibility index (Phi) is 5.21. The van der Waals surface area contributed by atoms with Crippen molar-refractivity contribution in [3.63, 3.8) is 0 Å². The minimum Gasteiger partial charge on any atom is -0.464 e. The molecule has 0 atom stereocenters. The Morgan fingerprint density at radius 2 is 1.83 bits per heavy atom. The van der Waals surface area contributed by atoms with E-state index in [2.05, 4.69) is 5.32 Å². The minimum atomic E-state index is -3.35. The summed E-state index contributed by atoms with van der Waals surface area (Å²) < 4.78 is 31.2. The molecule has 1 aromatic heterocycles. The van der Waals surface area contributed by atoms with E-state index in [0.717, 1.165) is 40.5 Å². The van der Waals surface area contributed by atoms with Gasteiger partial charge >= 0.3 is 0 Å². The normalized spacial score (nSPS) is 15.1. The summed E-state index contributed by atoms with van der Waals surface area (Å²) in [6.07, 6.45) is 5.12. The number of aryl methyl sites for hydroxylation is 2. The Morgan fingerprint density at radius 3 is 2.59 bits per heavy atom. The fraction of sp³-hybridized carbons (Fsp3) is 0.348. The zero-order chi connectivity index (χ0) is 20.6. The lowest BCUT2D eigenvalue weighted by Gasteiger charge is -2.12. The first-order valence-electron chi connectivity index (χ1n) is 9.96. The van der Waals surface area contributed by atoms with Gasteiger partial charge < -0.3 is 9.73 Å². The molecule has 0 radical (unpaired) electrons. The molecule has 1 amide bonds. The van der Waals surface area contributed by atoms with Crippen LogP contribution in [0.25, 0.3) is 11.0 Å². The number of hydrogen-bond donors (Lipinski definition) is 1. The summed E-state index contributed by atoms with van der Waals surface area (Å²) >= 11 is 0. The molecule has 1 aliphatic carbocycles. The Bertz CT molecular complexity index is 1170. The number of rotatable bonds is 5. The summed E-state index contributed by atoms with van der Waals surface area (Å²) in [5.41, 5.74) is 4.36. The molecule has 1 heterocycles. The van der Waals surface area contributed by atoms with Gasteiger partial charge in [-0.25, -0.2) is 8.42 Å². The van der Waals surface area contributed by atoms with E-state index in [-0.39, 0.29) is 22.5 Å². The molecule has 0 bridgehead atoms. The van der Waals surface area contributed by atoms with Gasteiger partial charge in [0.2, 0.25) is 5.91 Å². The smallest absolute Gasteiger partial charge is 0.228 e. The van der Waals surface area contributed by atoms with Crippen molar-refractivity contribution in [1.29, 1.82) is 0 Å². The molecule has 0 spiro atoms. The van der Waals surface area contributed by atoms with E-state index < -0.39 is 9.84 Å². The van der Waals surface area contributed by atoms with Gasteiger partial charge in [-0.05, 0) is 68.1 Å². The molecular formula is C23H25NO4S. The van der Waals surface area contributed by atoms with E-state index in [9.17, 15) is 13.2 Å². The molecule has 4 rings (SSSR count). The highest BCUT2D eigenvalue weighted by molar-refractivity contribution is 7.92. The Labute approximate surface area is 171 Å². The molecule has 2 aromatic carbocycles. The van der Waals surface area contributed by atoms with Crippen LogP contribution in [0.2, 0.25) is 0 Å². The molecule has 5 nitrogen and oxygen atoms in total. The van der Waals surface area contributed by atoms with Crippen LogP contribution >= 0.6 is 0 Å². The van der Waals surface area contributed by atoms with E-state index in [1.54, 1.807) is 30.5 Å². The summed E-state index contributed by atoms with van der Waals surface area (Å²) in [7, 11) is -3.35. The van der Waals surface area contributed by atoms with Crippen molar-refractivity contribution in [1.82, 2.24) is 0 Å². The number of carbonyl (C=O) groups excluding carboxylic acids is 1. The van der Waals surface area contributed by atoms with E-state index >= 15 is 0 Å². The molecule has 1 aliphatic rings. The van der Waals surface area contributed by atoms with Crippen LogP contribution in [0.3, 0.4) is 0 Å². The van der Waals surface area contributed by atoms with Gasteiger partial charge in [0, 0.05) is 16.6 Å². The lowest BCUT2D eigenvalue weighted by molar-refractivity contribution is -0.115. The number of furan rings is 1. The lowest BCUT2D eigenvalue weighted by Crippen LogP contribution is -2.18. The van der Waals surface area contributed by atoms with Gasteiger partial charge in [0.1, 0.15) is 5.58 Å². The van der Waals surface area contributed by atoms with Crippen LogP contribution in [0, 0.1) is 13.8 Å². The molecule has 1 saturated carbocycles. The van der Waals surface area contributed by atoms with Crippen LogP contribution in [0.15, 0.2) is 52.0 Å². The van der Waals surface area contributed by atoms with Crippen LogP contribution in [-0.2, 0) is 21.1 Å². The third-order valence-corrected chi connectivity index (χ3v) is 8.07. The third-order valence-electron chi connectivity index (χ3n) is 5.81. The van der Waals surface area contributed by atoms with Crippen LogP contribution in [-0.4, -0.2) is 19.6 Å². The molecule has 3 aromatic rings. The predicted molar refractivity (Wildman–Crippen MR) is 114 cm³/mol. The number of fused-ring (bicyclic) bond motifs is 1. The fourth-order valence-corrected chi connectivity index (χ4v) is 5.89. The second-order valence-electron chi connectivity index (χ2n) is 7.90. The maximum atomic E-state index is 12.8. The molecule has 0 unspecified atom stereocenters. The van der Waals surface area contributed by atoms with Crippen LogP contribution in [0.4, 0.5) is 5.69 Å². The molecule has 0 aliphatic heterocycles. The number of amides is 1. The van der Waals surface area contributed by atoms with E-state index in [1.165, 1.54) is 0 Å². The first-order chi connectivity index (χ1) is 13.8. The molecule has 6 heteroatoms. The largest absolute Gasteiger partial charge is 0.464 e. The van der Waals surface area contributed by atoms with Crippen molar-refractivity contribution in [2.24, 2.45) is 0 Å². The Balaban J connectivity index is 1.51. The highest BCUT2D eigenvalue weighted by atomic mass is 32.2. The fourth-order valence-electron chi connectivity index (χ4n) is 3.99. The highest BCUT2D eigenvalue weighted by Crippen LogP contribution is 2.31. The third kappa shape index (κ3) is 3.94. The monoisotopic (exact) mass is 411 g/mol. The second kappa shape index (κ2) is 7.67. The Hall–Kier alpha value is -2.60. The van der Waals surface area contributed by atoms with Gasteiger partial charge in [0.05, 0.1) is 22.8 Å². The van der Waals surface area contributed by atoms with E-state index in [1.807, 2.05) is 26.0 Å². The van der Waals surface area contributed by atoms with E-state index in [4.69, 9.17) is 4.42 Å². The van der Waals surface area contributed by atoms with Crippen molar-refractivity contribution in [3.05, 3.63) is 59.4 Å².